The number of rotatable bonds is 3. The minimum Gasteiger partial charge on any atom is -0.491 e. The highest BCUT2D eigenvalue weighted by Gasteiger charge is 2.15. The summed E-state index contributed by atoms with van der Waals surface area (Å²) in [5.74, 6) is 1.66. The number of fused-ring (bicyclic) bond motifs is 5. The van der Waals surface area contributed by atoms with E-state index >= 15 is 0 Å². The zero-order valence-electron chi connectivity index (χ0n) is 23.9. The van der Waals surface area contributed by atoms with Crippen molar-refractivity contribution in [3.8, 4) is 5.75 Å². The molecule has 4 bridgehead atoms. The second-order valence-corrected chi connectivity index (χ2v) is 10.8. The van der Waals surface area contributed by atoms with Gasteiger partial charge in [0.15, 0.2) is 0 Å². The number of nitrogens with zero attached hydrogens (tertiary/aromatic N) is 4. The van der Waals surface area contributed by atoms with Gasteiger partial charge in [-0.25, -0.2) is 9.97 Å². The topological polar surface area (TPSA) is 91.9 Å². The molecule has 0 saturated carbocycles. The van der Waals surface area contributed by atoms with Crippen LogP contribution >= 0.6 is 0 Å². The molecule has 0 radical (unpaired) electrons. The molecule has 41 heavy (non-hydrogen) atoms. The lowest BCUT2D eigenvalue weighted by Gasteiger charge is -2.30. The van der Waals surface area contributed by atoms with Gasteiger partial charge in [-0.05, 0) is 42.5 Å². The van der Waals surface area contributed by atoms with Crippen LogP contribution in [-0.2, 0) is 22.5 Å². The van der Waals surface area contributed by atoms with Crippen LogP contribution in [0.1, 0.15) is 42.5 Å². The van der Waals surface area contributed by atoms with Crippen molar-refractivity contribution in [3.05, 3.63) is 77.7 Å². The van der Waals surface area contributed by atoms with Crippen LogP contribution in [0, 0.1) is 0 Å². The molecular formula is C32H42N6O3. The van der Waals surface area contributed by atoms with Gasteiger partial charge in [-0.15, -0.1) is 0 Å². The predicted molar refractivity (Wildman–Crippen MR) is 161 cm³/mol. The van der Waals surface area contributed by atoms with Gasteiger partial charge in [0.2, 0.25) is 5.91 Å². The van der Waals surface area contributed by atoms with Crippen molar-refractivity contribution < 1.29 is 14.3 Å². The second-order valence-electron chi connectivity index (χ2n) is 10.8. The van der Waals surface area contributed by atoms with Gasteiger partial charge >= 0.3 is 0 Å². The maximum Gasteiger partial charge on any atom is 0.221 e. The molecule has 1 saturated heterocycles. The van der Waals surface area contributed by atoms with Crippen LogP contribution in [0.5, 0.6) is 5.75 Å². The van der Waals surface area contributed by atoms with Gasteiger partial charge in [0.1, 0.15) is 17.9 Å². The summed E-state index contributed by atoms with van der Waals surface area (Å²) in [7, 11) is 0. The third-order valence-electron chi connectivity index (χ3n) is 7.55. The fourth-order valence-electron chi connectivity index (χ4n) is 5.24. The van der Waals surface area contributed by atoms with Crippen LogP contribution in [0.15, 0.2) is 60.9 Å². The maximum atomic E-state index is 12.7. The van der Waals surface area contributed by atoms with E-state index in [9.17, 15) is 4.79 Å². The summed E-state index contributed by atoms with van der Waals surface area (Å²) >= 11 is 0. The molecule has 9 heteroatoms. The number of ether oxygens (including phenoxy) is 2. The summed E-state index contributed by atoms with van der Waals surface area (Å²) in [6.07, 6.45) is 5.68. The van der Waals surface area contributed by atoms with E-state index in [1.165, 1.54) is 11.1 Å². The number of benzene rings is 2. The third kappa shape index (κ3) is 9.52. The third-order valence-corrected chi connectivity index (χ3v) is 7.55. The van der Waals surface area contributed by atoms with Crippen molar-refractivity contribution in [1.82, 2.24) is 25.1 Å². The molecule has 218 valence electrons. The van der Waals surface area contributed by atoms with Crippen molar-refractivity contribution in [1.29, 1.82) is 0 Å². The van der Waals surface area contributed by atoms with Crippen LogP contribution in [-0.4, -0.2) is 84.8 Å². The van der Waals surface area contributed by atoms with E-state index in [2.05, 4.69) is 54.7 Å². The molecule has 1 aromatic heterocycles. The predicted octanol–water partition coefficient (Wildman–Crippen LogP) is 4.01. The Bertz CT molecular complexity index is 1250. The standard InChI is InChI=1S/C32H42N6O3/c39-32-11-13-38(15-14-37-16-19-40-20-17-37)24-27-8-6-7-26(21-27)22-28-23-31(35-25-34-28)36-29-9-2-3-10-30(29)41-18-5-1-4-12-33-32/h2-3,6-10,21,23,25H,1,4-5,11-20,22,24H2,(H,33,39)(H,34,35,36). The fraction of sp³-hybridized carbons (Fsp3) is 0.469. The summed E-state index contributed by atoms with van der Waals surface area (Å²) in [5, 5.41) is 6.53. The number of anilines is 2. The Balaban J connectivity index is 1.31. The highest BCUT2D eigenvalue weighted by atomic mass is 16.5. The molecule has 0 atom stereocenters. The van der Waals surface area contributed by atoms with Crippen LogP contribution in [0.3, 0.4) is 0 Å². The number of amides is 1. The zero-order chi connectivity index (χ0) is 28.1. The number of aromatic nitrogens is 2. The second kappa shape index (κ2) is 15.5. The van der Waals surface area contributed by atoms with E-state index < -0.39 is 0 Å². The molecule has 2 aliphatic heterocycles. The molecule has 3 aromatic rings. The van der Waals surface area contributed by atoms with Crippen LogP contribution in [0.2, 0.25) is 0 Å². The fourth-order valence-corrected chi connectivity index (χ4v) is 5.24. The molecule has 2 aliphatic rings. The van der Waals surface area contributed by atoms with E-state index in [4.69, 9.17) is 9.47 Å². The Kier molecular flexibility index (Phi) is 10.9. The summed E-state index contributed by atoms with van der Waals surface area (Å²) in [6, 6.07) is 18.6. The number of morpholine rings is 1. The summed E-state index contributed by atoms with van der Waals surface area (Å²) in [6.45, 7) is 8.28. The van der Waals surface area contributed by atoms with Gasteiger partial charge < -0.3 is 20.1 Å². The normalized spacial score (nSPS) is 18.5. The molecular weight excluding hydrogens is 516 g/mol. The quantitative estimate of drug-likeness (QED) is 0.498. The lowest BCUT2D eigenvalue weighted by atomic mass is 10.1. The van der Waals surface area contributed by atoms with E-state index in [1.54, 1.807) is 6.33 Å². The van der Waals surface area contributed by atoms with Crippen LogP contribution in [0.4, 0.5) is 11.5 Å². The monoisotopic (exact) mass is 558 g/mol. The van der Waals surface area contributed by atoms with Gasteiger partial charge in [0.05, 0.1) is 31.2 Å². The molecule has 5 rings (SSSR count). The largest absolute Gasteiger partial charge is 0.491 e. The van der Waals surface area contributed by atoms with E-state index in [0.717, 1.165) is 94.7 Å². The van der Waals surface area contributed by atoms with Gasteiger partial charge in [-0.2, -0.15) is 0 Å². The average molecular weight is 559 g/mol. The molecule has 0 aliphatic carbocycles. The van der Waals surface area contributed by atoms with E-state index in [1.807, 2.05) is 30.3 Å². The average Bonchev–Trinajstić information content (AvgIpc) is 2.99. The van der Waals surface area contributed by atoms with Crippen LogP contribution in [0.25, 0.3) is 0 Å². The molecule has 3 heterocycles. The number of para-hydroxylation sites is 2. The van der Waals surface area contributed by atoms with Gasteiger partial charge in [-0.1, -0.05) is 36.4 Å². The van der Waals surface area contributed by atoms with Crippen LogP contribution < -0.4 is 15.4 Å². The van der Waals surface area contributed by atoms with Gasteiger partial charge in [-0.3, -0.25) is 14.6 Å². The lowest BCUT2D eigenvalue weighted by Crippen LogP contribution is -2.42. The Morgan fingerprint density at radius 1 is 0.829 bits per heavy atom. The summed E-state index contributed by atoms with van der Waals surface area (Å²) in [4.78, 5) is 26.5. The number of nitrogens with one attached hydrogen (secondary N) is 2. The van der Waals surface area contributed by atoms with Gasteiger partial charge in [0.25, 0.3) is 0 Å². The highest BCUT2D eigenvalue weighted by molar-refractivity contribution is 5.76. The number of carbonyl (C=O) groups is 1. The van der Waals surface area contributed by atoms with Crippen molar-refractivity contribution in [2.24, 2.45) is 0 Å². The first-order valence-electron chi connectivity index (χ1n) is 14.9. The Hall–Kier alpha value is -3.53. The molecule has 1 amide bonds. The zero-order valence-corrected chi connectivity index (χ0v) is 23.9. The molecule has 0 unspecified atom stereocenters. The Morgan fingerprint density at radius 2 is 1.68 bits per heavy atom. The van der Waals surface area contributed by atoms with E-state index in [-0.39, 0.29) is 5.91 Å². The first kappa shape index (κ1) is 29.0. The number of hydrogen-bond acceptors (Lipinski definition) is 8. The molecule has 1 fully saturated rings. The molecule has 0 spiro atoms. The lowest BCUT2D eigenvalue weighted by molar-refractivity contribution is -0.121. The van der Waals surface area contributed by atoms with Gasteiger partial charge in [0, 0.05) is 64.7 Å². The Morgan fingerprint density at radius 3 is 2.61 bits per heavy atom. The maximum absolute atomic E-state index is 12.7. The van der Waals surface area contributed by atoms with Crippen molar-refractivity contribution in [3.63, 3.8) is 0 Å². The smallest absolute Gasteiger partial charge is 0.221 e. The SMILES string of the molecule is O=C1CCN(CCN2CCOCC2)Cc2cccc(c2)Cc2cc(ncn2)Nc2ccccc2OCCCCCN1. The Labute approximate surface area is 243 Å². The van der Waals surface area contributed by atoms with Crippen molar-refractivity contribution in [2.45, 2.75) is 38.6 Å². The first-order chi connectivity index (χ1) is 20.2. The molecule has 2 N–H and O–H groups in total. The number of carbonyl (C=O) groups excluding carboxylic acids is 1. The van der Waals surface area contributed by atoms with Crippen molar-refractivity contribution >= 4 is 17.4 Å². The highest BCUT2D eigenvalue weighted by Crippen LogP contribution is 2.27. The summed E-state index contributed by atoms with van der Waals surface area (Å²) < 4.78 is 11.6. The van der Waals surface area contributed by atoms with E-state index in [0.29, 0.717) is 26.0 Å². The minimum absolute atomic E-state index is 0.119. The van der Waals surface area contributed by atoms with Crippen molar-refractivity contribution in [2.75, 3.05) is 64.4 Å². The molecule has 9 nitrogen and oxygen atoms in total. The minimum atomic E-state index is 0.119. The molecule has 2 aromatic carbocycles. The summed E-state index contributed by atoms with van der Waals surface area (Å²) in [5.41, 5.74) is 4.26. The number of hydrogen-bond donors (Lipinski definition) is 2. The first-order valence-corrected chi connectivity index (χ1v) is 14.9.